The highest BCUT2D eigenvalue weighted by Gasteiger charge is 1.99. The average molecular weight is 264 g/mol. The van der Waals surface area contributed by atoms with Gasteiger partial charge in [0, 0.05) is 36.6 Å². The maximum Gasteiger partial charge on any atom is 0.328 e. The Morgan fingerprint density at radius 3 is 1.94 bits per heavy atom. The molecular weight excluding hydrogens is 251 g/mol. The van der Waals surface area contributed by atoms with Crippen LogP contribution in [0.4, 0.5) is 23.0 Å². The lowest BCUT2D eigenvalue weighted by Crippen LogP contribution is -2.34. The van der Waals surface area contributed by atoms with Crippen LogP contribution in [0, 0.1) is 0 Å². The van der Waals surface area contributed by atoms with Crippen molar-refractivity contribution in [3.8, 4) is 0 Å². The molecule has 1 rings (SSSR count). The molecule has 0 amide bonds. The van der Waals surface area contributed by atoms with Crippen LogP contribution in [-0.2, 0) is 13.0 Å². The number of H-pyrrole nitrogens is 1. The predicted octanol–water partition coefficient (Wildman–Crippen LogP) is 1.95. The van der Waals surface area contributed by atoms with Crippen LogP contribution in [0.3, 0.4) is 0 Å². The second-order valence-corrected chi connectivity index (χ2v) is 2.54. The molecule has 0 radical (unpaired) electrons. The summed E-state index contributed by atoms with van der Waals surface area (Å²) in [7, 11) is 0. The van der Waals surface area contributed by atoms with Gasteiger partial charge in [0.1, 0.15) is 0 Å². The van der Waals surface area contributed by atoms with Crippen LogP contribution in [-0.4, -0.2) is 9.55 Å². The summed E-state index contributed by atoms with van der Waals surface area (Å²) in [6.45, 7) is 4.07. The molecule has 17 heavy (non-hydrogen) atoms. The summed E-state index contributed by atoms with van der Waals surface area (Å²) in [6.07, 6.45) is 0.676. The van der Waals surface area contributed by atoms with Crippen molar-refractivity contribution in [3.05, 3.63) is 32.6 Å². The van der Waals surface area contributed by atoms with Crippen LogP contribution < -0.4 is 11.2 Å². The first-order valence-corrected chi connectivity index (χ1v) is 4.30. The zero-order chi connectivity index (χ0) is 13.1. The van der Waals surface area contributed by atoms with Crippen molar-refractivity contribution < 1.29 is 23.0 Å². The van der Waals surface area contributed by atoms with E-state index in [-0.39, 0.29) is 16.0 Å². The van der Waals surface area contributed by atoms with E-state index in [4.69, 9.17) is 18.3 Å². The van der Waals surface area contributed by atoms with Crippen LogP contribution >= 0.6 is 0 Å². The molecule has 0 saturated carbocycles. The van der Waals surface area contributed by atoms with Gasteiger partial charge in [0.2, 0.25) is 0 Å². The molecule has 4 nitrogen and oxygen atoms in total. The first-order valence-electron chi connectivity index (χ1n) is 4.30. The molecule has 1 N–H and O–H groups in total. The molecule has 0 bridgehead atoms. The second-order valence-electron chi connectivity index (χ2n) is 2.54. The highest BCUT2D eigenvalue weighted by atomic mass is 20.0. The Bertz CT molecular complexity index is 359. The van der Waals surface area contributed by atoms with E-state index in [1.807, 2.05) is 6.92 Å². The molecule has 102 valence electrons. The molecule has 0 unspecified atom stereocenters. The van der Waals surface area contributed by atoms with Gasteiger partial charge in [-0.3, -0.25) is 14.1 Å². The first-order chi connectivity index (χ1) is 7.69. The van der Waals surface area contributed by atoms with Gasteiger partial charge in [0.05, 0.1) is 0 Å². The van der Waals surface area contributed by atoms with Crippen molar-refractivity contribution in [2.24, 2.45) is 0 Å². The van der Waals surface area contributed by atoms with E-state index in [1.165, 1.54) is 10.6 Å². The number of hydrogen-bond acceptors (Lipinski definition) is 2. The molecule has 0 aliphatic rings. The fraction of sp³-hybridized carbons (Fsp3) is 0.500. The monoisotopic (exact) mass is 264 g/mol. The van der Waals surface area contributed by atoms with Gasteiger partial charge in [-0.05, 0) is 13.3 Å². The summed E-state index contributed by atoms with van der Waals surface area (Å²) in [5.41, 5.74) is 0.148. The largest absolute Gasteiger partial charge is 0.328 e. The van der Waals surface area contributed by atoms with Gasteiger partial charge < -0.3 is 4.98 Å². The van der Waals surface area contributed by atoms with E-state index in [2.05, 4.69) is 4.98 Å². The fourth-order valence-corrected chi connectivity index (χ4v) is 1.06. The van der Waals surface area contributed by atoms with Crippen molar-refractivity contribution in [1.82, 2.24) is 9.55 Å². The molecule has 1 heterocycles. The summed E-state index contributed by atoms with van der Waals surface area (Å²) in [6, 6.07) is 1.46. The Morgan fingerprint density at radius 1 is 1.18 bits per heavy atom. The van der Waals surface area contributed by atoms with E-state index in [1.54, 1.807) is 6.92 Å². The lowest BCUT2D eigenvalue weighted by molar-refractivity contribution is 0.108. The minimum absolute atomic E-state index is 0. The molecule has 1 aromatic rings. The maximum atomic E-state index is 11.2. The molecule has 9 heteroatoms. The third kappa shape index (κ3) is 6.48. The van der Waals surface area contributed by atoms with E-state index in [0.29, 0.717) is 18.7 Å². The summed E-state index contributed by atoms with van der Waals surface area (Å²) in [5, 5.41) is 0. The Labute approximate surface area is 93.0 Å². The van der Waals surface area contributed by atoms with Crippen LogP contribution in [0.15, 0.2) is 15.7 Å². The molecule has 0 fully saturated rings. The minimum atomic E-state index is -0.318. The third-order valence-corrected chi connectivity index (χ3v) is 1.77. The summed E-state index contributed by atoms with van der Waals surface area (Å²) in [5.74, 6) is 0. The quantitative estimate of drug-likeness (QED) is 0.830. The number of halogens is 5. The highest BCUT2D eigenvalue weighted by Crippen LogP contribution is 1.85. The van der Waals surface area contributed by atoms with E-state index in [0.717, 1.165) is 0 Å². The SMILES string of the molecule is CCc1cc(=O)n(CC)c(=O)[nH]1.F.FF.FF. The number of hydrogen-bond donors (Lipinski definition) is 1. The Morgan fingerprint density at radius 2 is 1.65 bits per heavy atom. The van der Waals surface area contributed by atoms with Crippen molar-refractivity contribution in [2.75, 3.05) is 0 Å². The van der Waals surface area contributed by atoms with E-state index >= 15 is 0 Å². The lowest BCUT2D eigenvalue weighted by Gasteiger charge is -2.00. The molecule has 0 aliphatic carbocycles. The van der Waals surface area contributed by atoms with Crippen LogP contribution in [0.2, 0.25) is 0 Å². The zero-order valence-electron chi connectivity index (χ0n) is 9.18. The van der Waals surface area contributed by atoms with Crippen molar-refractivity contribution >= 4 is 0 Å². The standard InChI is InChI=1S/C8H12N2O2.2F2.FH/c1-3-6-5-7(11)10(4-2)8(12)9-6;2*1-2;/h5H,3-4H2,1-2H3,(H,9,12);;;1H. The van der Waals surface area contributed by atoms with Gasteiger partial charge in [-0.15, -0.1) is 0 Å². The summed E-state index contributed by atoms with van der Waals surface area (Å²) < 4.78 is 33.2. The fourth-order valence-electron chi connectivity index (χ4n) is 1.06. The van der Waals surface area contributed by atoms with Gasteiger partial charge in [-0.2, -0.15) is 0 Å². The Hall–Kier alpha value is -1.67. The predicted molar refractivity (Wildman–Crippen MR) is 53.3 cm³/mol. The molecule has 0 saturated heterocycles. The molecule has 0 spiro atoms. The summed E-state index contributed by atoms with van der Waals surface area (Å²) in [4.78, 5) is 25.0. The zero-order valence-corrected chi connectivity index (χ0v) is 9.18. The van der Waals surface area contributed by atoms with Gasteiger partial charge in [-0.1, -0.05) is 6.92 Å². The van der Waals surface area contributed by atoms with Crippen LogP contribution in [0.1, 0.15) is 19.5 Å². The van der Waals surface area contributed by atoms with Gasteiger partial charge in [-0.25, -0.2) is 4.79 Å². The first kappa shape index (κ1) is 20.7. The minimum Gasteiger partial charge on any atom is -0.311 e. The Balaban J connectivity index is -0.000000355. The molecule has 1 aromatic heterocycles. The number of nitrogens with zero attached hydrogens (tertiary/aromatic N) is 1. The smallest absolute Gasteiger partial charge is 0.311 e. The topological polar surface area (TPSA) is 54.9 Å². The van der Waals surface area contributed by atoms with Crippen molar-refractivity contribution in [2.45, 2.75) is 26.8 Å². The lowest BCUT2D eigenvalue weighted by atomic mass is 10.3. The number of aryl methyl sites for hydroxylation is 1. The van der Waals surface area contributed by atoms with Gasteiger partial charge in [0.25, 0.3) is 5.56 Å². The van der Waals surface area contributed by atoms with Crippen molar-refractivity contribution in [3.63, 3.8) is 0 Å². The molecular formula is C8H13F5N2O2. The summed E-state index contributed by atoms with van der Waals surface area (Å²) >= 11 is 0. The normalized spacial score (nSPS) is 7.88. The van der Waals surface area contributed by atoms with E-state index < -0.39 is 0 Å². The van der Waals surface area contributed by atoms with Gasteiger partial charge in [0.15, 0.2) is 0 Å². The van der Waals surface area contributed by atoms with Crippen LogP contribution in [0.25, 0.3) is 0 Å². The Kier molecular flexibility index (Phi) is 15.1. The van der Waals surface area contributed by atoms with E-state index in [9.17, 15) is 9.59 Å². The second kappa shape index (κ2) is 12.4. The molecule has 0 aliphatic heterocycles. The number of aromatic nitrogens is 2. The van der Waals surface area contributed by atoms with Crippen LogP contribution in [0.5, 0.6) is 0 Å². The number of rotatable bonds is 2. The number of aromatic amines is 1. The highest BCUT2D eigenvalue weighted by molar-refractivity contribution is 4.98. The molecule has 0 atom stereocenters. The third-order valence-electron chi connectivity index (χ3n) is 1.77. The van der Waals surface area contributed by atoms with Gasteiger partial charge >= 0.3 is 5.69 Å². The molecule has 0 aromatic carbocycles. The van der Waals surface area contributed by atoms with Crippen molar-refractivity contribution in [1.29, 1.82) is 0 Å². The average Bonchev–Trinajstić information content (AvgIpc) is 2.33. The maximum absolute atomic E-state index is 11.2. The number of nitrogens with one attached hydrogen (secondary N) is 1.